The lowest BCUT2D eigenvalue weighted by Gasteiger charge is -2.13. The summed E-state index contributed by atoms with van der Waals surface area (Å²) in [5, 5.41) is 1.99. The monoisotopic (exact) mass is 496 g/mol. The van der Waals surface area contributed by atoms with Crippen molar-refractivity contribution >= 4 is 34.9 Å². The third-order valence-corrected chi connectivity index (χ3v) is 5.31. The van der Waals surface area contributed by atoms with Gasteiger partial charge in [0.25, 0.3) is 17.1 Å². The second-order valence-electron chi connectivity index (χ2n) is 6.72. The molecule has 12 heteroatoms. The van der Waals surface area contributed by atoms with Crippen molar-refractivity contribution in [3.63, 3.8) is 0 Å². The average molecular weight is 496 g/mol. The van der Waals surface area contributed by atoms with Crippen molar-refractivity contribution in [1.82, 2.24) is 10.2 Å². The van der Waals surface area contributed by atoms with Crippen LogP contribution in [0.5, 0.6) is 17.2 Å². The van der Waals surface area contributed by atoms with Crippen LogP contribution in [0.1, 0.15) is 5.56 Å². The van der Waals surface area contributed by atoms with E-state index in [0.29, 0.717) is 17.3 Å². The third kappa shape index (κ3) is 6.67. The average Bonchev–Trinajstić information content (AvgIpc) is 3.05. The second kappa shape index (κ2) is 11.5. The van der Waals surface area contributed by atoms with E-state index in [0.717, 1.165) is 11.0 Å². The number of hydrogen-bond acceptors (Lipinski definition) is 7. The van der Waals surface area contributed by atoms with Crippen LogP contribution in [0.3, 0.4) is 0 Å². The number of imide groups is 1. The van der Waals surface area contributed by atoms with Crippen LogP contribution in [-0.2, 0) is 9.59 Å². The highest BCUT2D eigenvalue weighted by atomic mass is 32.2. The molecule has 3 amide bonds. The fraction of sp³-hybridized carbons (Fsp3) is 0.227. The molecule has 180 valence electrons. The lowest BCUT2D eigenvalue weighted by atomic mass is 10.2. The molecule has 1 aliphatic rings. The first-order valence-corrected chi connectivity index (χ1v) is 10.6. The minimum atomic E-state index is -3.02. The Bertz CT molecular complexity index is 1110. The van der Waals surface area contributed by atoms with Gasteiger partial charge < -0.3 is 19.5 Å². The highest BCUT2D eigenvalue weighted by Crippen LogP contribution is 2.34. The predicted octanol–water partition coefficient (Wildman–Crippen LogP) is 3.67. The Balaban J connectivity index is 1.54. The summed E-state index contributed by atoms with van der Waals surface area (Å²) in [5.74, 6) is -1.51. The summed E-state index contributed by atoms with van der Waals surface area (Å²) in [6, 6.07) is 9.41. The van der Waals surface area contributed by atoms with E-state index in [-0.39, 0.29) is 41.9 Å². The van der Waals surface area contributed by atoms with Crippen LogP contribution in [0, 0.1) is 5.82 Å². The van der Waals surface area contributed by atoms with Crippen LogP contribution in [0.2, 0.25) is 0 Å². The first-order chi connectivity index (χ1) is 16.3. The van der Waals surface area contributed by atoms with Crippen molar-refractivity contribution < 1.29 is 41.8 Å². The summed E-state index contributed by atoms with van der Waals surface area (Å²) in [6.07, 6.45) is 1.42. The van der Waals surface area contributed by atoms with Crippen molar-refractivity contribution in [2.24, 2.45) is 0 Å². The molecule has 0 unspecified atom stereocenters. The summed E-state index contributed by atoms with van der Waals surface area (Å²) in [4.78, 5) is 37.8. The topological polar surface area (TPSA) is 94.2 Å². The number of amides is 3. The number of benzene rings is 2. The van der Waals surface area contributed by atoms with Gasteiger partial charge in [0.1, 0.15) is 11.6 Å². The van der Waals surface area contributed by atoms with E-state index >= 15 is 0 Å². The first kappa shape index (κ1) is 25.0. The number of methoxy groups -OCH3 is 1. The number of rotatable bonds is 10. The van der Waals surface area contributed by atoms with Gasteiger partial charge in [0.15, 0.2) is 18.1 Å². The summed E-state index contributed by atoms with van der Waals surface area (Å²) in [6.45, 7) is -3.47. The Morgan fingerprint density at radius 2 is 1.97 bits per heavy atom. The van der Waals surface area contributed by atoms with Crippen LogP contribution in [0.4, 0.5) is 18.0 Å². The summed E-state index contributed by atoms with van der Waals surface area (Å²) >= 11 is 0.706. The Labute approximate surface area is 196 Å². The minimum absolute atomic E-state index is 0.00977. The van der Waals surface area contributed by atoms with E-state index in [9.17, 15) is 27.6 Å². The Kier molecular flexibility index (Phi) is 8.41. The van der Waals surface area contributed by atoms with Crippen LogP contribution in [0.25, 0.3) is 6.08 Å². The molecule has 0 bridgehead atoms. The molecule has 0 atom stereocenters. The second-order valence-corrected chi connectivity index (χ2v) is 7.71. The van der Waals surface area contributed by atoms with E-state index in [2.05, 4.69) is 10.1 Å². The summed E-state index contributed by atoms with van der Waals surface area (Å²) in [7, 11) is 1.28. The maximum Gasteiger partial charge on any atom is 0.387 e. The third-order valence-electron chi connectivity index (χ3n) is 4.40. The largest absolute Gasteiger partial charge is 0.493 e. The van der Waals surface area contributed by atoms with Gasteiger partial charge in [0.05, 0.1) is 12.0 Å². The Hall–Kier alpha value is -3.67. The number of carbonyl (C=O) groups excluding carboxylic acids is 3. The van der Waals surface area contributed by atoms with E-state index in [4.69, 9.17) is 9.47 Å². The fourth-order valence-electron chi connectivity index (χ4n) is 2.88. The highest BCUT2D eigenvalue weighted by molar-refractivity contribution is 8.18. The van der Waals surface area contributed by atoms with Gasteiger partial charge in [-0.25, -0.2) is 4.39 Å². The first-order valence-electron chi connectivity index (χ1n) is 9.80. The maximum absolute atomic E-state index is 13.1. The molecule has 2 aromatic carbocycles. The van der Waals surface area contributed by atoms with E-state index < -0.39 is 29.5 Å². The van der Waals surface area contributed by atoms with Crippen molar-refractivity contribution in [2.75, 3.05) is 26.8 Å². The molecular formula is C22H19F3N2O6S. The molecule has 1 fully saturated rings. The zero-order valence-electron chi connectivity index (χ0n) is 17.8. The van der Waals surface area contributed by atoms with Gasteiger partial charge >= 0.3 is 6.61 Å². The van der Waals surface area contributed by atoms with E-state index in [1.807, 2.05) is 0 Å². The molecule has 34 heavy (non-hydrogen) atoms. The van der Waals surface area contributed by atoms with Crippen LogP contribution < -0.4 is 19.5 Å². The molecule has 0 spiro atoms. The van der Waals surface area contributed by atoms with Crippen molar-refractivity contribution in [3.8, 4) is 17.2 Å². The van der Waals surface area contributed by atoms with Gasteiger partial charge in [-0.05, 0) is 47.7 Å². The lowest BCUT2D eigenvalue weighted by Crippen LogP contribution is -2.38. The molecule has 1 saturated heterocycles. The minimum Gasteiger partial charge on any atom is -0.493 e. The normalized spacial score (nSPS) is 14.6. The SMILES string of the molecule is COc1cc(/C=C2\SC(=O)N(CCNC(=O)COc3cccc(F)c3)C2=O)ccc1OC(F)F. The maximum atomic E-state index is 13.1. The molecule has 0 radical (unpaired) electrons. The quantitative estimate of drug-likeness (QED) is 0.502. The summed E-state index contributed by atoms with van der Waals surface area (Å²) < 4.78 is 52.6. The number of carbonyl (C=O) groups is 3. The number of hydrogen-bond donors (Lipinski definition) is 1. The predicted molar refractivity (Wildman–Crippen MR) is 117 cm³/mol. The van der Waals surface area contributed by atoms with Gasteiger partial charge in [-0.1, -0.05) is 12.1 Å². The van der Waals surface area contributed by atoms with Crippen molar-refractivity contribution in [3.05, 3.63) is 58.8 Å². The highest BCUT2D eigenvalue weighted by Gasteiger charge is 2.34. The molecular weight excluding hydrogens is 477 g/mol. The molecule has 0 aliphatic carbocycles. The van der Waals surface area contributed by atoms with Gasteiger partial charge in [-0.2, -0.15) is 8.78 Å². The lowest BCUT2D eigenvalue weighted by molar-refractivity contribution is -0.125. The van der Waals surface area contributed by atoms with Gasteiger partial charge in [-0.15, -0.1) is 0 Å². The Morgan fingerprint density at radius 1 is 1.18 bits per heavy atom. The number of alkyl halides is 2. The molecule has 1 aliphatic heterocycles. The molecule has 8 nitrogen and oxygen atoms in total. The molecule has 3 rings (SSSR count). The van der Waals surface area contributed by atoms with E-state index in [1.165, 1.54) is 49.6 Å². The number of ether oxygens (including phenoxy) is 3. The number of halogens is 3. The van der Waals surface area contributed by atoms with Gasteiger partial charge in [-0.3, -0.25) is 19.3 Å². The molecule has 1 N–H and O–H groups in total. The number of nitrogens with zero attached hydrogens (tertiary/aromatic N) is 1. The zero-order valence-corrected chi connectivity index (χ0v) is 18.6. The number of nitrogens with one attached hydrogen (secondary N) is 1. The van der Waals surface area contributed by atoms with Crippen molar-refractivity contribution in [1.29, 1.82) is 0 Å². The van der Waals surface area contributed by atoms with Gasteiger partial charge in [0.2, 0.25) is 0 Å². The zero-order chi connectivity index (χ0) is 24.7. The standard InChI is InChI=1S/C22H19F3N2O6S/c1-31-17-9-13(5-6-16(17)33-21(24)25)10-18-20(29)27(22(30)34-18)8-7-26-19(28)12-32-15-4-2-3-14(23)11-15/h2-6,9-11,21H,7-8,12H2,1H3,(H,26,28)/b18-10-. The van der Waals surface area contributed by atoms with E-state index in [1.54, 1.807) is 0 Å². The Morgan fingerprint density at radius 3 is 2.68 bits per heavy atom. The fourth-order valence-corrected chi connectivity index (χ4v) is 3.74. The molecule has 0 saturated carbocycles. The molecule has 1 heterocycles. The van der Waals surface area contributed by atoms with Crippen molar-refractivity contribution in [2.45, 2.75) is 6.61 Å². The van der Waals surface area contributed by atoms with Crippen LogP contribution in [0.15, 0.2) is 47.4 Å². The van der Waals surface area contributed by atoms with Crippen LogP contribution in [-0.4, -0.2) is 55.4 Å². The number of thioether (sulfide) groups is 1. The molecule has 0 aromatic heterocycles. The van der Waals surface area contributed by atoms with Crippen LogP contribution >= 0.6 is 11.8 Å². The molecule has 2 aromatic rings. The smallest absolute Gasteiger partial charge is 0.387 e. The van der Waals surface area contributed by atoms with Gasteiger partial charge in [0, 0.05) is 19.2 Å². The summed E-state index contributed by atoms with van der Waals surface area (Å²) in [5.41, 5.74) is 0.437.